The number of anilines is 2. The molecule has 4 heterocycles. The van der Waals surface area contributed by atoms with Crippen LogP contribution in [0.3, 0.4) is 0 Å². The maximum atomic E-state index is 12.8. The number of aromatic nitrogens is 3. The van der Waals surface area contributed by atoms with E-state index in [-0.39, 0.29) is 22.5 Å². The first-order chi connectivity index (χ1) is 13.3. The molecule has 1 fully saturated rings. The summed E-state index contributed by atoms with van der Waals surface area (Å²) in [5.41, 5.74) is -0.909. The normalized spacial score (nSPS) is 15.4. The minimum atomic E-state index is -4.51. The summed E-state index contributed by atoms with van der Waals surface area (Å²) < 4.78 is 39.7. The standard InChI is InChI=1S/C15H12ClF3N6O2S/c16-10-7-9(15(17,18)19)8-20-11(10)22-1-3-23(4-2-22)12-13(25(26)27)24-5-6-28-14(24)21-12/h5-8H,1-4H2. The lowest BCUT2D eigenvalue weighted by atomic mass is 10.2. The summed E-state index contributed by atoms with van der Waals surface area (Å²) in [5.74, 6) is 0.438. The number of imidazole rings is 1. The molecule has 3 aromatic rings. The minimum absolute atomic E-state index is 0.0863. The van der Waals surface area contributed by atoms with Gasteiger partial charge >= 0.3 is 12.0 Å². The van der Waals surface area contributed by atoms with E-state index in [1.165, 1.54) is 15.7 Å². The lowest BCUT2D eigenvalue weighted by Crippen LogP contribution is -2.47. The SMILES string of the molecule is O=[N+]([O-])c1c(N2CCN(c3ncc(C(F)(F)F)cc3Cl)CC2)nc2sccn12. The molecule has 0 N–H and O–H groups in total. The molecule has 0 spiro atoms. The predicted octanol–water partition coefficient (Wildman–Crippen LogP) is 3.70. The van der Waals surface area contributed by atoms with Crippen LogP contribution in [0.15, 0.2) is 23.8 Å². The van der Waals surface area contributed by atoms with Crippen LogP contribution in [0.1, 0.15) is 5.56 Å². The summed E-state index contributed by atoms with van der Waals surface area (Å²) in [6.07, 6.45) is -2.17. The van der Waals surface area contributed by atoms with Gasteiger partial charge in [-0.2, -0.15) is 22.6 Å². The quantitative estimate of drug-likeness (QED) is 0.464. The molecule has 0 unspecified atom stereocenters. The lowest BCUT2D eigenvalue weighted by Gasteiger charge is -2.35. The Balaban J connectivity index is 1.54. The van der Waals surface area contributed by atoms with E-state index in [0.717, 1.165) is 12.3 Å². The van der Waals surface area contributed by atoms with Gasteiger partial charge < -0.3 is 19.9 Å². The van der Waals surface area contributed by atoms with Crippen molar-refractivity contribution < 1.29 is 18.1 Å². The largest absolute Gasteiger partial charge is 0.417 e. The highest BCUT2D eigenvalue weighted by atomic mass is 35.5. The highest BCUT2D eigenvalue weighted by Gasteiger charge is 2.33. The molecule has 1 aliphatic heterocycles. The summed E-state index contributed by atoms with van der Waals surface area (Å²) in [7, 11) is 0. The molecule has 0 atom stereocenters. The number of alkyl halides is 3. The van der Waals surface area contributed by atoms with Crippen molar-refractivity contribution in [2.75, 3.05) is 36.0 Å². The second-order valence-electron chi connectivity index (χ2n) is 6.07. The minimum Gasteiger partial charge on any atom is -0.358 e. The van der Waals surface area contributed by atoms with E-state index in [1.54, 1.807) is 21.4 Å². The van der Waals surface area contributed by atoms with Crippen LogP contribution in [0, 0.1) is 10.1 Å². The number of halogens is 4. The lowest BCUT2D eigenvalue weighted by molar-refractivity contribution is -0.389. The molecule has 0 saturated carbocycles. The average molecular weight is 433 g/mol. The summed E-state index contributed by atoms with van der Waals surface area (Å²) >= 11 is 7.30. The highest BCUT2D eigenvalue weighted by molar-refractivity contribution is 7.15. The van der Waals surface area contributed by atoms with Crippen LogP contribution >= 0.6 is 22.9 Å². The Morgan fingerprint density at radius 3 is 2.39 bits per heavy atom. The molecule has 148 valence electrons. The van der Waals surface area contributed by atoms with Gasteiger partial charge in [-0.25, -0.2) is 4.98 Å². The number of hydrogen-bond acceptors (Lipinski definition) is 7. The van der Waals surface area contributed by atoms with Gasteiger partial charge in [-0.15, -0.1) is 0 Å². The second kappa shape index (κ2) is 6.78. The molecule has 0 radical (unpaired) electrons. The number of thiazole rings is 1. The predicted molar refractivity (Wildman–Crippen MR) is 98.4 cm³/mol. The van der Waals surface area contributed by atoms with Gasteiger partial charge in [-0.3, -0.25) is 0 Å². The molecule has 1 saturated heterocycles. The van der Waals surface area contributed by atoms with Crippen LogP contribution in [-0.4, -0.2) is 45.5 Å². The topological polar surface area (TPSA) is 79.8 Å². The molecular formula is C15H12ClF3N6O2S. The molecule has 0 bridgehead atoms. The summed E-state index contributed by atoms with van der Waals surface area (Å²) in [6.45, 7) is 1.57. The van der Waals surface area contributed by atoms with Gasteiger partial charge in [0, 0.05) is 37.8 Å². The van der Waals surface area contributed by atoms with E-state index in [2.05, 4.69) is 9.97 Å². The smallest absolute Gasteiger partial charge is 0.358 e. The van der Waals surface area contributed by atoms with Crippen LogP contribution in [0.4, 0.5) is 30.6 Å². The number of hydrogen-bond donors (Lipinski definition) is 0. The molecular weight excluding hydrogens is 421 g/mol. The van der Waals surface area contributed by atoms with Gasteiger partial charge in [0.1, 0.15) is 12.0 Å². The van der Waals surface area contributed by atoms with Gasteiger partial charge in [0.25, 0.3) is 4.96 Å². The van der Waals surface area contributed by atoms with E-state index < -0.39 is 16.7 Å². The molecule has 8 nitrogen and oxygen atoms in total. The summed E-state index contributed by atoms with van der Waals surface area (Å²) in [6, 6.07) is 0.852. The van der Waals surface area contributed by atoms with Gasteiger partial charge in [0.05, 0.1) is 10.6 Å². The van der Waals surface area contributed by atoms with Crippen molar-refractivity contribution in [2.24, 2.45) is 0 Å². The molecule has 1 aliphatic rings. The number of piperazine rings is 1. The van der Waals surface area contributed by atoms with Crippen molar-refractivity contribution in [1.29, 1.82) is 0 Å². The van der Waals surface area contributed by atoms with Crippen molar-refractivity contribution in [2.45, 2.75) is 6.18 Å². The third-order valence-electron chi connectivity index (χ3n) is 4.42. The van der Waals surface area contributed by atoms with Crippen LogP contribution in [0.2, 0.25) is 5.02 Å². The van der Waals surface area contributed by atoms with Gasteiger partial charge in [-0.1, -0.05) is 22.9 Å². The Morgan fingerprint density at radius 1 is 1.18 bits per heavy atom. The van der Waals surface area contributed by atoms with Gasteiger partial charge in [-0.05, 0) is 11.0 Å². The van der Waals surface area contributed by atoms with Crippen LogP contribution in [0.25, 0.3) is 4.96 Å². The average Bonchev–Trinajstić information content (AvgIpc) is 3.21. The zero-order chi connectivity index (χ0) is 20.1. The zero-order valence-electron chi connectivity index (χ0n) is 14.1. The molecule has 0 aliphatic carbocycles. The van der Waals surface area contributed by atoms with Crippen LogP contribution in [-0.2, 0) is 6.18 Å². The maximum Gasteiger partial charge on any atom is 0.417 e. The Bertz CT molecular complexity index is 1040. The third kappa shape index (κ3) is 3.22. The fourth-order valence-electron chi connectivity index (χ4n) is 3.09. The van der Waals surface area contributed by atoms with E-state index in [0.29, 0.717) is 31.1 Å². The first-order valence-electron chi connectivity index (χ1n) is 8.08. The van der Waals surface area contributed by atoms with Crippen molar-refractivity contribution in [3.8, 4) is 0 Å². The Morgan fingerprint density at radius 2 is 1.82 bits per heavy atom. The number of rotatable bonds is 3. The third-order valence-corrected chi connectivity index (χ3v) is 5.45. The zero-order valence-corrected chi connectivity index (χ0v) is 15.6. The molecule has 3 aromatic heterocycles. The van der Waals surface area contributed by atoms with E-state index >= 15 is 0 Å². The summed E-state index contributed by atoms with van der Waals surface area (Å²) in [4.78, 5) is 23.3. The maximum absolute atomic E-state index is 12.8. The first kappa shape index (κ1) is 18.7. The number of nitrogens with zero attached hydrogens (tertiary/aromatic N) is 6. The van der Waals surface area contributed by atoms with Crippen molar-refractivity contribution in [3.05, 3.63) is 44.5 Å². The number of nitro groups is 1. The van der Waals surface area contributed by atoms with Gasteiger partial charge in [0.15, 0.2) is 0 Å². The van der Waals surface area contributed by atoms with E-state index in [1.807, 2.05) is 0 Å². The fraction of sp³-hybridized carbons (Fsp3) is 0.333. The molecule has 0 amide bonds. The van der Waals surface area contributed by atoms with E-state index in [9.17, 15) is 23.3 Å². The Kier molecular flexibility index (Phi) is 4.54. The highest BCUT2D eigenvalue weighted by Crippen LogP contribution is 2.35. The Hall–Kier alpha value is -2.60. The van der Waals surface area contributed by atoms with Crippen molar-refractivity contribution >= 4 is 45.4 Å². The van der Waals surface area contributed by atoms with Crippen LogP contribution in [0.5, 0.6) is 0 Å². The van der Waals surface area contributed by atoms with Crippen LogP contribution < -0.4 is 9.80 Å². The fourth-order valence-corrected chi connectivity index (χ4v) is 4.08. The number of fused-ring (bicyclic) bond motifs is 1. The van der Waals surface area contributed by atoms with Crippen molar-refractivity contribution in [3.63, 3.8) is 0 Å². The monoisotopic (exact) mass is 432 g/mol. The van der Waals surface area contributed by atoms with Gasteiger partial charge in [0.2, 0.25) is 5.82 Å². The molecule has 4 rings (SSSR count). The second-order valence-corrected chi connectivity index (χ2v) is 7.35. The molecule has 0 aromatic carbocycles. The molecule has 13 heteroatoms. The number of pyridine rings is 1. The first-order valence-corrected chi connectivity index (χ1v) is 9.34. The Labute approximate surface area is 164 Å². The van der Waals surface area contributed by atoms with E-state index in [4.69, 9.17) is 11.6 Å². The van der Waals surface area contributed by atoms with Crippen molar-refractivity contribution in [1.82, 2.24) is 14.4 Å². The summed E-state index contributed by atoms with van der Waals surface area (Å²) in [5, 5.41) is 13.1. The molecule has 28 heavy (non-hydrogen) atoms.